The van der Waals surface area contributed by atoms with Gasteiger partial charge >= 0.3 is 0 Å². The van der Waals surface area contributed by atoms with Crippen LogP contribution in [0.4, 0.5) is 0 Å². The van der Waals surface area contributed by atoms with Gasteiger partial charge in [-0.25, -0.2) is 0 Å². The number of methoxy groups -OCH3 is 1. The smallest absolute Gasteiger partial charge is 0.295 e. The number of ketones is 1. The van der Waals surface area contributed by atoms with E-state index in [4.69, 9.17) is 9.47 Å². The van der Waals surface area contributed by atoms with Gasteiger partial charge in [0, 0.05) is 24.5 Å². The molecule has 1 unspecified atom stereocenters. The lowest BCUT2D eigenvalue weighted by atomic mass is 9.94. The monoisotopic (exact) mass is 614 g/mol. The molecule has 5 rings (SSSR count). The van der Waals surface area contributed by atoms with Crippen LogP contribution in [0.25, 0.3) is 5.76 Å². The molecular weight excluding hydrogens is 588 g/mol. The zero-order valence-electron chi connectivity index (χ0n) is 22.4. The van der Waals surface area contributed by atoms with Crippen LogP contribution in [0.2, 0.25) is 0 Å². The van der Waals surface area contributed by atoms with Crippen molar-refractivity contribution in [3.05, 3.63) is 123 Å². The van der Waals surface area contributed by atoms with Gasteiger partial charge in [0.1, 0.15) is 18.1 Å². The van der Waals surface area contributed by atoms with Gasteiger partial charge in [0.25, 0.3) is 11.7 Å². The minimum atomic E-state index is -0.953. The number of hydrogen-bond acceptors (Lipinski definition) is 7. The molecule has 2 N–H and O–H groups in total. The first-order valence-corrected chi connectivity index (χ1v) is 13.6. The molecule has 9 heteroatoms. The molecule has 1 aliphatic rings. The van der Waals surface area contributed by atoms with E-state index in [2.05, 4.69) is 20.9 Å². The summed E-state index contributed by atoms with van der Waals surface area (Å²) < 4.78 is 11.6. The van der Waals surface area contributed by atoms with Gasteiger partial charge in [-0.1, -0.05) is 24.3 Å². The summed E-state index contributed by atoms with van der Waals surface area (Å²) in [5.41, 5.74) is 3.69. The number of benzene rings is 3. The summed E-state index contributed by atoms with van der Waals surface area (Å²) >= 11 is 3.33. The second kappa shape index (κ2) is 11.9. The zero-order valence-corrected chi connectivity index (χ0v) is 24.0. The Kier molecular flexibility index (Phi) is 8.07. The van der Waals surface area contributed by atoms with Crippen LogP contribution in [0.3, 0.4) is 0 Å². The van der Waals surface area contributed by atoms with E-state index < -0.39 is 17.7 Å². The van der Waals surface area contributed by atoms with Crippen LogP contribution in [0, 0.1) is 6.92 Å². The number of amides is 1. The summed E-state index contributed by atoms with van der Waals surface area (Å²) in [7, 11) is 1.40. The number of aromatic hydroxyl groups is 1. The first-order chi connectivity index (χ1) is 19.8. The number of aliphatic hydroxyl groups excluding tert-OH is 1. The number of nitrogens with zero attached hydrogens (tertiary/aromatic N) is 2. The largest absolute Gasteiger partial charge is 0.507 e. The van der Waals surface area contributed by atoms with E-state index >= 15 is 0 Å². The number of likely N-dealkylation sites (tertiary alicyclic amines) is 1. The second-order valence-corrected chi connectivity index (χ2v) is 10.4. The van der Waals surface area contributed by atoms with E-state index in [1.165, 1.54) is 12.0 Å². The van der Waals surface area contributed by atoms with Gasteiger partial charge in [0.15, 0.2) is 11.5 Å². The fourth-order valence-corrected chi connectivity index (χ4v) is 5.24. The molecule has 1 fully saturated rings. The summed E-state index contributed by atoms with van der Waals surface area (Å²) in [5.74, 6) is -1.27. The molecule has 1 atom stereocenters. The molecule has 1 aromatic heterocycles. The van der Waals surface area contributed by atoms with Gasteiger partial charge in [0.05, 0.1) is 23.2 Å². The van der Waals surface area contributed by atoms with E-state index in [0.717, 1.165) is 16.7 Å². The van der Waals surface area contributed by atoms with Crippen LogP contribution in [0.15, 0.2) is 95.2 Å². The van der Waals surface area contributed by atoms with Gasteiger partial charge in [-0.3, -0.25) is 14.6 Å². The number of phenols is 1. The summed E-state index contributed by atoms with van der Waals surface area (Å²) in [6.45, 7) is 2.50. The molecule has 1 amide bonds. The van der Waals surface area contributed by atoms with Crippen LogP contribution in [-0.2, 0) is 22.7 Å². The molecule has 0 bridgehead atoms. The quantitative estimate of drug-likeness (QED) is 0.141. The van der Waals surface area contributed by atoms with Crippen LogP contribution in [-0.4, -0.2) is 38.9 Å². The Labute approximate surface area is 245 Å². The Hall–Kier alpha value is -4.63. The average molecular weight is 615 g/mol. The molecule has 0 radical (unpaired) electrons. The third kappa shape index (κ3) is 5.67. The number of aliphatic hydroxyl groups is 1. The van der Waals surface area contributed by atoms with Crippen molar-refractivity contribution in [1.29, 1.82) is 0 Å². The molecule has 2 heterocycles. The zero-order chi connectivity index (χ0) is 29.1. The average Bonchev–Trinajstić information content (AvgIpc) is 3.23. The molecule has 8 nitrogen and oxygen atoms in total. The van der Waals surface area contributed by atoms with Crippen LogP contribution in [0.1, 0.15) is 33.9 Å². The number of ether oxygens (including phenoxy) is 2. The van der Waals surface area contributed by atoms with Crippen molar-refractivity contribution in [3.63, 3.8) is 0 Å². The lowest BCUT2D eigenvalue weighted by Crippen LogP contribution is -2.29. The summed E-state index contributed by atoms with van der Waals surface area (Å²) in [5, 5.41) is 21.8. The number of hydrogen-bond donors (Lipinski definition) is 2. The molecule has 1 saturated heterocycles. The predicted molar refractivity (Wildman–Crippen MR) is 156 cm³/mol. The highest BCUT2D eigenvalue weighted by atomic mass is 79.9. The fourth-order valence-electron chi connectivity index (χ4n) is 4.78. The molecule has 0 saturated carbocycles. The van der Waals surface area contributed by atoms with Crippen molar-refractivity contribution in [3.8, 4) is 17.2 Å². The molecule has 4 aromatic rings. The van der Waals surface area contributed by atoms with Crippen molar-refractivity contribution in [2.75, 3.05) is 7.11 Å². The summed E-state index contributed by atoms with van der Waals surface area (Å²) in [4.78, 5) is 32.2. The van der Waals surface area contributed by atoms with Crippen molar-refractivity contribution in [2.24, 2.45) is 0 Å². The third-order valence-electron chi connectivity index (χ3n) is 7.01. The van der Waals surface area contributed by atoms with Crippen LogP contribution < -0.4 is 9.47 Å². The Morgan fingerprint density at radius 1 is 1.02 bits per heavy atom. The van der Waals surface area contributed by atoms with Crippen molar-refractivity contribution in [1.82, 2.24) is 9.88 Å². The highest BCUT2D eigenvalue weighted by Crippen LogP contribution is 2.45. The van der Waals surface area contributed by atoms with E-state index in [0.29, 0.717) is 28.0 Å². The van der Waals surface area contributed by atoms with Gasteiger partial charge in [0.2, 0.25) is 0 Å². The topological polar surface area (TPSA) is 109 Å². The number of rotatable bonds is 8. The van der Waals surface area contributed by atoms with Crippen molar-refractivity contribution >= 4 is 33.4 Å². The molecule has 0 aliphatic carbocycles. The Bertz CT molecular complexity index is 1640. The maximum atomic E-state index is 13.4. The third-order valence-corrected chi connectivity index (χ3v) is 7.62. The minimum Gasteiger partial charge on any atom is -0.507 e. The maximum Gasteiger partial charge on any atom is 0.295 e. The highest BCUT2D eigenvalue weighted by molar-refractivity contribution is 9.10. The van der Waals surface area contributed by atoms with Crippen LogP contribution >= 0.6 is 15.9 Å². The number of halogens is 1. The van der Waals surface area contributed by atoms with Gasteiger partial charge in [-0.05, 0) is 93.6 Å². The number of pyridine rings is 1. The summed E-state index contributed by atoms with van der Waals surface area (Å²) in [6.07, 6.45) is 3.20. The maximum absolute atomic E-state index is 13.4. The van der Waals surface area contributed by atoms with Gasteiger partial charge < -0.3 is 24.6 Å². The number of aryl methyl sites for hydroxylation is 1. The molecule has 1 aliphatic heterocycles. The highest BCUT2D eigenvalue weighted by Gasteiger charge is 2.46. The minimum absolute atomic E-state index is 0.0720. The predicted octanol–water partition coefficient (Wildman–Crippen LogP) is 6.07. The molecule has 3 aromatic carbocycles. The standard InChI is InChI=1S/C32H27BrN2O6/c1-19-5-3-4-6-22(19)18-41-24-9-7-21(8-10-24)29(36)27-28(23-15-25(33)30(37)26(16-23)40-2)35(32(39)31(27)38)17-20-11-13-34-14-12-20/h3-16,28,36-37H,17-18H2,1-2H3. The Balaban J connectivity index is 1.53. The first-order valence-electron chi connectivity index (χ1n) is 12.8. The van der Waals surface area contributed by atoms with Crippen molar-refractivity contribution in [2.45, 2.75) is 26.1 Å². The normalized spacial score (nSPS) is 16.2. The SMILES string of the molecule is COc1cc(C2C(=C(O)c3ccc(OCc4ccccc4C)cc3)C(=O)C(=O)N2Cc2ccncc2)cc(Br)c1O. The fraction of sp³-hybridized carbons (Fsp3) is 0.156. The lowest BCUT2D eigenvalue weighted by Gasteiger charge is -2.26. The summed E-state index contributed by atoms with van der Waals surface area (Å²) in [6, 6.07) is 20.3. The number of carbonyl (C=O) groups excluding carboxylic acids is 2. The van der Waals surface area contributed by atoms with Gasteiger partial charge in [-0.15, -0.1) is 0 Å². The first kappa shape index (κ1) is 27.9. The van der Waals surface area contributed by atoms with E-state index in [1.807, 2.05) is 31.2 Å². The van der Waals surface area contributed by atoms with Crippen LogP contribution in [0.5, 0.6) is 17.2 Å². The van der Waals surface area contributed by atoms with Gasteiger partial charge in [-0.2, -0.15) is 0 Å². The molecule has 208 valence electrons. The number of Topliss-reactive ketones (excluding diaryl/α,β-unsaturated/α-hetero) is 1. The molecular formula is C32H27BrN2O6. The Morgan fingerprint density at radius 2 is 1.73 bits per heavy atom. The lowest BCUT2D eigenvalue weighted by molar-refractivity contribution is -0.140. The number of carbonyl (C=O) groups is 2. The van der Waals surface area contributed by atoms with E-state index in [1.54, 1.807) is 60.9 Å². The van der Waals surface area contributed by atoms with E-state index in [-0.39, 0.29) is 29.4 Å². The number of aromatic nitrogens is 1. The molecule has 41 heavy (non-hydrogen) atoms. The molecule has 0 spiro atoms. The van der Waals surface area contributed by atoms with Crippen molar-refractivity contribution < 1.29 is 29.3 Å². The second-order valence-electron chi connectivity index (χ2n) is 9.58. The van der Waals surface area contributed by atoms with E-state index in [9.17, 15) is 19.8 Å². The number of phenolic OH excluding ortho intramolecular Hbond substituents is 1. The Morgan fingerprint density at radius 3 is 2.41 bits per heavy atom.